The van der Waals surface area contributed by atoms with E-state index in [0.717, 1.165) is 11.3 Å². The first kappa shape index (κ1) is 16.4. The highest BCUT2D eigenvalue weighted by Gasteiger charge is 2.33. The normalized spacial score (nSPS) is 22.4. The van der Waals surface area contributed by atoms with Gasteiger partial charge in [-0.15, -0.1) is 11.3 Å². The van der Waals surface area contributed by atoms with Crippen molar-refractivity contribution in [3.05, 3.63) is 14.7 Å². The Morgan fingerprint density at radius 1 is 1.50 bits per heavy atom. The van der Waals surface area contributed by atoms with Crippen LogP contribution >= 0.6 is 27.3 Å². The van der Waals surface area contributed by atoms with Crippen molar-refractivity contribution in [2.24, 2.45) is 11.8 Å². The average Bonchev–Trinajstić information content (AvgIpc) is 2.91. The van der Waals surface area contributed by atoms with Gasteiger partial charge in [0.2, 0.25) is 10.0 Å². The summed E-state index contributed by atoms with van der Waals surface area (Å²) < 4.78 is 28.0. The zero-order chi connectivity index (χ0) is 14.9. The Morgan fingerprint density at radius 2 is 2.15 bits per heavy atom. The summed E-state index contributed by atoms with van der Waals surface area (Å²) >= 11 is 4.83. The van der Waals surface area contributed by atoms with Crippen LogP contribution in [0.25, 0.3) is 0 Å². The molecule has 20 heavy (non-hydrogen) atoms. The zero-order valence-electron chi connectivity index (χ0n) is 11.9. The second-order valence-corrected chi connectivity index (χ2v) is 9.90. The number of nitrogens with one attached hydrogen (secondary N) is 2. The lowest BCUT2D eigenvalue weighted by Crippen LogP contribution is -2.26. The van der Waals surface area contributed by atoms with E-state index in [1.54, 1.807) is 6.07 Å². The molecule has 2 rings (SSSR count). The van der Waals surface area contributed by atoms with Crippen LogP contribution in [0.4, 0.5) is 0 Å². The molecular weight excluding hydrogens is 360 g/mol. The molecule has 1 saturated carbocycles. The maximum absolute atomic E-state index is 12.3. The fourth-order valence-electron chi connectivity index (χ4n) is 1.95. The molecule has 2 unspecified atom stereocenters. The number of thiophene rings is 1. The van der Waals surface area contributed by atoms with Crippen molar-refractivity contribution in [1.82, 2.24) is 10.0 Å². The molecule has 1 aliphatic carbocycles. The second kappa shape index (κ2) is 6.44. The quantitative estimate of drug-likeness (QED) is 0.764. The molecule has 0 aliphatic heterocycles. The van der Waals surface area contributed by atoms with Gasteiger partial charge < -0.3 is 5.32 Å². The molecule has 0 aromatic carbocycles. The van der Waals surface area contributed by atoms with Gasteiger partial charge in [-0.3, -0.25) is 0 Å². The van der Waals surface area contributed by atoms with Crippen molar-refractivity contribution >= 4 is 37.3 Å². The summed E-state index contributed by atoms with van der Waals surface area (Å²) in [4.78, 5) is 1.38. The standard InChI is InChI=1S/C13H21BrN2O2S2/c1-8(2)15-7-11-5-12(13(14)19-11)20(17,18)16-6-10-4-9(10)3/h5,8-10,15-16H,4,6-7H2,1-3H3. The van der Waals surface area contributed by atoms with Crippen molar-refractivity contribution in [3.8, 4) is 0 Å². The van der Waals surface area contributed by atoms with Gasteiger partial charge >= 0.3 is 0 Å². The number of rotatable bonds is 7. The van der Waals surface area contributed by atoms with Gasteiger partial charge in [0, 0.05) is 24.0 Å². The van der Waals surface area contributed by atoms with Crippen LogP contribution in [-0.4, -0.2) is 21.0 Å². The Bertz CT molecular complexity index is 569. The van der Waals surface area contributed by atoms with E-state index in [1.165, 1.54) is 11.3 Å². The van der Waals surface area contributed by atoms with Crippen LogP contribution in [0.15, 0.2) is 14.7 Å². The average molecular weight is 381 g/mol. The smallest absolute Gasteiger partial charge is 0.242 e. The van der Waals surface area contributed by atoms with E-state index in [-0.39, 0.29) is 0 Å². The molecule has 0 saturated heterocycles. The van der Waals surface area contributed by atoms with Crippen LogP contribution in [0, 0.1) is 11.8 Å². The van der Waals surface area contributed by atoms with E-state index >= 15 is 0 Å². The van der Waals surface area contributed by atoms with E-state index < -0.39 is 10.0 Å². The number of hydrogen-bond donors (Lipinski definition) is 2. The molecule has 7 heteroatoms. The van der Waals surface area contributed by atoms with Gasteiger partial charge in [-0.1, -0.05) is 20.8 Å². The lowest BCUT2D eigenvalue weighted by atomic mass is 10.3. The predicted octanol–water partition coefficient (Wildman–Crippen LogP) is 2.94. The monoisotopic (exact) mass is 380 g/mol. The molecule has 1 fully saturated rings. The van der Waals surface area contributed by atoms with E-state index in [1.807, 2.05) is 0 Å². The predicted molar refractivity (Wildman–Crippen MR) is 86.5 cm³/mol. The zero-order valence-corrected chi connectivity index (χ0v) is 15.2. The molecule has 0 amide bonds. The minimum Gasteiger partial charge on any atom is -0.310 e. The van der Waals surface area contributed by atoms with Crippen LogP contribution in [0.2, 0.25) is 0 Å². The fraction of sp³-hybridized carbons (Fsp3) is 0.692. The van der Waals surface area contributed by atoms with Gasteiger partial charge in [-0.05, 0) is 40.3 Å². The number of hydrogen-bond acceptors (Lipinski definition) is 4. The molecule has 114 valence electrons. The van der Waals surface area contributed by atoms with Gasteiger partial charge in [0.05, 0.1) is 3.79 Å². The molecule has 1 aromatic heterocycles. The Hall–Kier alpha value is 0.0500. The van der Waals surface area contributed by atoms with Crippen molar-refractivity contribution in [2.75, 3.05) is 6.54 Å². The third-order valence-corrected chi connectivity index (χ3v) is 7.17. The highest BCUT2D eigenvalue weighted by molar-refractivity contribution is 9.11. The van der Waals surface area contributed by atoms with Gasteiger partial charge in [0.1, 0.15) is 4.90 Å². The Labute approximate surface area is 133 Å². The van der Waals surface area contributed by atoms with Gasteiger partial charge in [-0.2, -0.15) is 0 Å². The van der Waals surface area contributed by atoms with Gasteiger partial charge in [0.25, 0.3) is 0 Å². The molecule has 1 aromatic rings. The lowest BCUT2D eigenvalue weighted by molar-refractivity contribution is 0.574. The molecule has 1 aliphatic rings. The largest absolute Gasteiger partial charge is 0.310 e. The summed E-state index contributed by atoms with van der Waals surface area (Å²) in [5, 5.41) is 3.29. The second-order valence-electron chi connectivity index (χ2n) is 5.71. The first-order chi connectivity index (χ1) is 9.29. The first-order valence-corrected chi connectivity index (χ1v) is 9.90. The molecule has 2 atom stereocenters. The van der Waals surface area contributed by atoms with Crippen LogP contribution in [0.3, 0.4) is 0 Å². The van der Waals surface area contributed by atoms with Gasteiger partial charge in [-0.25, -0.2) is 13.1 Å². The van der Waals surface area contributed by atoms with E-state index in [0.29, 0.717) is 39.6 Å². The Balaban J connectivity index is 2.02. The molecule has 0 radical (unpaired) electrons. The molecule has 0 bridgehead atoms. The van der Waals surface area contributed by atoms with E-state index in [2.05, 4.69) is 46.7 Å². The third-order valence-electron chi connectivity index (χ3n) is 3.49. The SMILES string of the molecule is CC(C)NCc1cc(S(=O)(=O)NCC2CC2C)c(Br)s1. The summed E-state index contributed by atoms with van der Waals surface area (Å²) in [6, 6.07) is 2.13. The van der Waals surface area contributed by atoms with Crippen molar-refractivity contribution in [1.29, 1.82) is 0 Å². The Kier molecular flexibility index (Phi) is 5.29. The number of halogens is 1. The highest BCUT2D eigenvalue weighted by Crippen LogP contribution is 2.37. The maximum Gasteiger partial charge on any atom is 0.242 e. The maximum atomic E-state index is 12.3. The summed E-state index contributed by atoms with van der Waals surface area (Å²) in [7, 11) is -3.40. The van der Waals surface area contributed by atoms with E-state index in [9.17, 15) is 8.42 Å². The molecule has 4 nitrogen and oxygen atoms in total. The van der Waals surface area contributed by atoms with Gasteiger partial charge in [0.15, 0.2) is 0 Å². The van der Waals surface area contributed by atoms with Crippen molar-refractivity contribution in [3.63, 3.8) is 0 Å². The van der Waals surface area contributed by atoms with Crippen LogP contribution in [-0.2, 0) is 16.6 Å². The fourth-order valence-corrected chi connectivity index (χ4v) is 5.68. The summed E-state index contributed by atoms with van der Waals surface area (Å²) in [6.45, 7) is 7.52. The highest BCUT2D eigenvalue weighted by atomic mass is 79.9. The van der Waals surface area contributed by atoms with Crippen molar-refractivity contribution in [2.45, 2.75) is 44.7 Å². The summed E-state index contributed by atoms with van der Waals surface area (Å²) in [6.07, 6.45) is 1.12. The minimum atomic E-state index is -3.40. The summed E-state index contributed by atoms with van der Waals surface area (Å²) in [5.74, 6) is 1.15. The summed E-state index contributed by atoms with van der Waals surface area (Å²) in [5.41, 5.74) is 0. The topological polar surface area (TPSA) is 58.2 Å². The van der Waals surface area contributed by atoms with Crippen LogP contribution in [0.1, 0.15) is 32.1 Å². The number of sulfonamides is 1. The van der Waals surface area contributed by atoms with Crippen LogP contribution < -0.4 is 10.0 Å². The van der Waals surface area contributed by atoms with Crippen molar-refractivity contribution < 1.29 is 8.42 Å². The lowest BCUT2D eigenvalue weighted by Gasteiger charge is -2.05. The van der Waals surface area contributed by atoms with Crippen LogP contribution in [0.5, 0.6) is 0 Å². The third kappa shape index (κ3) is 4.27. The Morgan fingerprint density at radius 3 is 2.70 bits per heavy atom. The molecule has 2 N–H and O–H groups in total. The molecule has 0 spiro atoms. The van der Waals surface area contributed by atoms with E-state index in [4.69, 9.17) is 0 Å². The minimum absolute atomic E-state index is 0.358. The first-order valence-electron chi connectivity index (χ1n) is 6.81. The molecular formula is C13H21BrN2O2S2. The molecule has 1 heterocycles.